The van der Waals surface area contributed by atoms with Gasteiger partial charge in [0.15, 0.2) is 11.5 Å². The average Bonchev–Trinajstić information content (AvgIpc) is 3.02. The molecule has 0 saturated carbocycles. The lowest BCUT2D eigenvalue weighted by Crippen LogP contribution is -2.12. The van der Waals surface area contributed by atoms with Gasteiger partial charge in [0.2, 0.25) is 0 Å². The third-order valence-electron chi connectivity index (χ3n) is 3.09. The van der Waals surface area contributed by atoms with Gasteiger partial charge in [-0.3, -0.25) is 9.78 Å². The Bertz CT molecular complexity index is 813. The molecule has 0 aliphatic carbocycles. The highest BCUT2D eigenvalue weighted by Crippen LogP contribution is 2.25. The lowest BCUT2D eigenvalue weighted by molar-refractivity contribution is 0.101. The van der Waals surface area contributed by atoms with Crippen molar-refractivity contribution in [1.29, 1.82) is 0 Å². The van der Waals surface area contributed by atoms with Crippen molar-refractivity contribution in [3.8, 4) is 17.1 Å². The first-order valence-corrected chi connectivity index (χ1v) is 6.61. The maximum atomic E-state index is 12.2. The maximum Gasteiger partial charge on any atom is 0.277 e. The minimum Gasteiger partial charge on any atom is -0.506 e. The molecule has 3 aromatic rings. The molecular formula is C16H13N3O3. The predicted octanol–water partition coefficient (Wildman–Crippen LogP) is 3.00. The summed E-state index contributed by atoms with van der Waals surface area (Å²) in [5.74, 6) is -0.0126. The van der Waals surface area contributed by atoms with Gasteiger partial charge in [0.1, 0.15) is 5.75 Å². The monoisotopic (exact) mass is 295 g/mol. The summed E-state index contributed by atoms with van der Waals surface area (Å²) in [5.41, 5.74) is 2.10. The molecule has 0 fully saturated rings. The molecule has 0 spiro atoms. The number of nitrogens with zero attached hydrogens (tertiary/aromatic N) is 2. The molecule has 3 rings (SSSR count). The Labute approximate surface area is 126 Å². The van der Waals surface area contributed by atoms with Gasteiger partial charge >= 0.3 is 0 Å². The fraction of sp³-hybridized carbons (Fsp3) is 0.0625. The van der Waals surface area contributed by atoms with E-state index in [4.69, 9.17) is 4.52 Å². The Morgan fingerprint density at radius 3 is 2.91 bits per heavy atom. The van der Waals surface area contributed by atoms with Crippen LogP contribution in [0.25, 0.3) is 11.3 Å². The Balaban J connectivity index is 1.81. The quantitative estimate of drug-likeness (QED) is 0.725. The molecule has 6 heteroatoms. The summed E-state index contributed by atoms with van der Waals surface area (Å²) >= 11 is 0. The number of amides is 1. The Morgan fingerprint density at radius 1 is 1.27 bits per heavy atom. The van der Waals surface area contributed by atoms with Gasteiger partial charge in [0, 0.05) is 24.0 Å². The van der Waals surface area contributed by atoms with Crippen LogP contribution in [0.3, 0.4) is 0 Å². The van der Waals surface area contributed by atoms with Crippen LogP contribution in [-0.2, 0) is 0 Å². The van der Waals surface area contributed by atoms with E-state index < -0.39 is 5.91 Å². The molecule has 1 amide bonds. The van der Waals surface area contributed by atoms with E-state index in [1.807, 2.05) is 13.0 Å². The average molecular weight is 295 g/mol. The molecule has 22 heavy (non-hydrogen) atoms. The topological polar surface area (TPSA) is 88.2 Å². The van der Waals surface area contributed by atoms with Crippen molar-refractivity contribution in [3.63, 3.8) is 0 Å². The van der Waals surface area contributed by atoms with Gasteiger partial charge < -0.3 is 14.9 Å². The van der Waals surface area contributed by atoms with Crippen molar-refractivity contribution in [2.45, 2.75) is 6.92 Å². The highest BCUT2D eigenvalue weighted by atomic mass is 16.5. The number of aryl methyl sites for hydroxylation is 1. The largest absolute Gasteiger partial charge is 0.506 e. The molecule has 2 heterocycles. The van der Waals surface area contributed by atoms with Gasteiger partial charge in [0.05, 0.1) is 5.69 Å². The van der Waals surface area contributed by atoms with Crippen molar-refractivity contribution < 1.29 is 14.4 Å². The molecule has 1 aromatic carbocycles. The number of benzene rings is 1. The first-order chi connectivity index (χ1) is 10.6. The number of phenols is 1. The summed E-state index contributed by atoms with van der Waals surface area (Å²) in [6, 6.07) is 10.1. The lowest BCUT2D eigenvalue weighted by Gasteiger charge is -2.06. The van der Waals surface area contributed by atoms with Crippen molar-refractivity contribution in [1.82, 2.24) is 10.1 Å². The first-order valence-electron chi connectivity index (χ1n) is 6.61. The fourth-order valence-corrected chi connectivity index (χ4v) is 1.96. The molecule has 0 aliphatic rings. The number of nitrogens with one attached hydrogen (secondary N) is 1. The second-order valence-corrected chi connectivity index (χ2v) is 4.79. The number of hydrogen-bond acceptors (Lipinski definition) is 5. The molecule has 0 atom stereocenters. The van der Waals surface area contributed by atoms with Crippen LogP contribution in [0.15, 0.2) is 53.3 Å². The van der Waals surface area contributed by atoms with Crippen LogP contribution in [0.1, 0.15) is 16.1 Å². The minimum absolute atomic E-state index is 0.00470. The van der Waals surface area contributed by atoms with E-state index in [0.717, 1.165) is 11.1 Å². The van der Waals surface area contributed by atoms with E-state index in [1.54, 1.807) is 30.6 Å². The number of aromatic hydroxyl groups is 1. The van der Waals surface area contributed by atoms with E-state index in [-0.39, 0.29) is 11.4 Å². The van der Waals surface area contributed by atoms with Crippen LogP contribution in [-0.4, -0.2) is 21.2 Å². The molecule has 2 aromatic heterocycles. The van der Waals surface area contributed by atoms with Crippen molar-refractivity contribution in [2.75, 3.05) is 5.32 Å². The lowest BCUT2D eigenvalue weighted by atomic mass is 10.2. The predicted molar refractivity (Wildman–Crippen MR) is 80.5 cm³/mol. The second kappa shape index (κ2) is 5.69. The Hall–Kier alpha value is -3.15. The zero-order valence-corrected chi connectivity index (χ0v) is 11.8. The van der Waals surface area contributed by atoms with Crippen LogP contribution < -0.4 is 5.32 Å². The van der Waals surface area contributed by atoms with Crippen LogP contribution in [0.5, 0.6) is 5.75 Å². The zero-order valence-electron chi connectivity index (χ0n) is 11.8. The molecule has 0 unspecified atom stereocenters. The number of carbonyl (C=O) groups excluding carboxylic acids is 1. The molecule has 110 valence electrons. The summed E-state index contributed by atoms with van der Waals surface area (Å²) in [7, 11) is 0. The number of aromatic nitrogens is 2. The van der Waals surface area contributed by atoms with E-state index in [9.17, 15) is 9.90 Å². The highest BCUT2D eigenvalue weighted by molar-refractivity contribution is 6.04. The molecular weight excluding hydrogens is 282 g/mol. The number of rotatable bonds is 3. The van der Waals surface area contributed by atoms with Gasteiger partial charge in [-0.2, -0.15) is 0 Å². The number of pyridine rings is 1. The molecule has 0 radical (unpaired) electrons. The molecule has 6 nitrogen and oxygen atoms in total. The summed E-state index contributed by atoms with van der Waals surface area (Å²) in [5, 5.41) is 16.1. The van der Waals surface area contributed by atoms with Crippen LogP contribution in [0.2, 0.25) is 0 Å². The van der Waals surface area contributed by atoms with Crippen LogP contribution >= 0.6 is 0 Å². The molecule has 0 bridgehead atoms. The number of phenolic OH excluding ortho intramolecular Hbond substituents is 1. The summed E-state index contributed by atoms with van der Waals surface area (Å²) < 4.78 is 5.15. The third-order valence-corrected chi connectivity index (χ3v) is 3.09. The fourth-order valence-electron chi connectivity index (χ4n) is 1.96. The third kappa shape index (κ3) is 2.80. The summed E-state index contributed by atoms with van der Waals surface area (Å²) in [4.78, 5) is 16.1. The number of carbonyl (C=O) groups is 1. The number of anilines is 1. The summed E-state index contributed by atoms with van der Waals surface area (Å²) in [6.07, 6.45) is 3.27. The smallest absolute Gasteiger partial charge is 0.277 e. The van der Waals surface area contributed by atoms with Gasteiger partial charge in [-0.15, -0.1) is 0 Å². The van der Waals surface area contributed by atoms with Gasteiger partial charge in [-0.25, -0.2) is 0 Å². The van der Waals surface area contributed by atoms with E-state index in [0.29, 0.717) is 11.4 Å². The SMILES string of the molecule is Cc1ccc(O)c(NC(=O)c2cc(-c3cccnc3)on2)c1. The summed E-state index contributed by atoms with van der Waals surface area (Å²) in [6.45, 7) is 1.87. The normalized spacial score (nSPS) is 10.4. The van der Waals surface area contributed by atoms with E-state index in [1.165, 1.54) is 12.1 Å². The molecule has 2 N–H and O–H groups in total. The molecule has 0 aliphatic heterocycles. The van der Waals surface area contributed by atoms with Crippen molar-refractivity contribution in [3.05, 3.63) is 60.0 Å². The Kier molecular flexibility index (Phi) is 3.57. The van der Waals surface area contributed by atoms with Crippen molar-refractivity contribution >= 4 is 11.6 Å². The van der Waals surface area contributed by atoms with E-state index in [2.05, 4.69) is 15.5 Å². The minimum atomic E-state index is -0.459. The van der Waals surface area contributed by atoms with Gasteiger partial charge in [-0.05, 0) is 36.8 Å². The van der Waals surface area contributed by atoms with Gasteiger partial charge in [-0.1, -0.05) is 11.2 Å². The molecule has 0 saturated heterocycles. The zero-order chi connectivity index (χ0) is 15.5. The second-order valence-electron chi connectivity index (χ2n) is 4.79. The van der Waals surface area contributed by atoms with Crippen molar-refractivity contribution in [2.24, 2.45) is 0 Å². The number of hydrogen-bond donors (Lipinski definition) is 2. The van der Waals surface area contributed by atoms with E-state index >= 15 is 0 Å². The highest BCUT2D eigenvalue weighted by Gasteiger charge is 2.15. The maximum absolute atomic E-state index is 12.2. The Morgan fingerprint density at radius 2 is 2.14 bits per heavy atom. The van der Waals surface area contributed by atoms with Gasteiger partial charge in [0.25, 0.3) is 5.91 Å². The first kappa shape index (κ1) is 13.8. The van der Waals surface area contributed by atoms with Crippen LogP contribution in [0.4, 0.5) is 5.69 Å². The van der Waals surface area contributed by atoms with Crippen LogP contribution in [0, 0.1) is 6.92 Å². The standard InChI is InChI=1S/C16H13N3O3/c1-10-4-5-14(20)12(7-10)18-16(21)13-8-15(22-19-13)11-3-2-6-17-9-11/h2-9,20H,1H3,(H,18,21).